The SMILES string of the molecule is CC(C)c1nc(Br)ccc1OC1CC1. The van der Waals surface area contributed by atoms with Crippen molar-refractivity contribution in [2.24, 2.45) is 0 Å². The summed E-state index contributed by atoms with van der Waals surface area (Å²) < 4.78 is 6.67. The fraction of sp³-hybridized carbons (Fsp3) is 0.545. The van der Waals surface area contributed by atoms with Crippen molar-refractivity contribution in [1.29, 1.82) is 0 Å². The Morgan fingerprint density at radius 2 is 2.14 bits per heavy atom. The van der Waals surface area contributed by atoms with Gasteiger partial charge in [0, 0.05) is 0 Å². The summed E-state index contributed by atoms with van der Waals surface area (Å²) in [5.41, 5.74) is 1.05. The van der Waals surface area contributed by atoms with Gasteiger partial charge in [0.1, 0.15) is 10.4 Å². The second-order valence-corrected chi connectivity index (χ2v) is 4.80. The molecule has 0 bridgehead atoms. The van der Waals surface area contributed by atoms with Crippen LogP contribution in [0.1, 0.15) is 38.3 Å². The zero-order chi connectivity index (χ0) is 10.1. The van der Waals surface area contributed by atoms with E-state index in [0.717, 1.165) is 16.0 Å². The lowest BCUT2D eigenvalue weighted by Crippen LogP contribution is -2.03. The van der Waals surface area contributed by atoms with Crippen LogP contribution in [-0.2, 0) is 0 Å². The Bertz CT molecular complexity index is 334. The van der Waals surface area contributed by atoms with Crippen LogP contribution in [-0.4, -0.2) is 11.1 Å². The second kappa shape index (κ2) is 3.89. The average molecular weight is 256 g/mol. The van der Waals surface area contributed by atoms with Crippen LogP contribution in [0.15, 0.2) is 16.7 Å². The van der Waals surface area contributed by atoms with Crippen LogP contribution in [0.4, 0.5) is 0 Å². The molecule has 1 aliphatic rings. The van der Waals surface area contributed by atoms with Crippen molar-refractivity contribution in [3.8, 4) is 5.75 Å². The molecule has 0 aromatic carbocycles. The Balaban J connectivity index is 2.26. The lowest BCUT2D eigenvalue weighted by atomic mass is 10.1. The van der Waals surface area contributed by atoms with Crippen molar-refractivity contribution in [3.63, 3.8) is 0 Å². The highest BCUT2D eigenvalue weighted by Gasteiger charge is 2.25. The third-order valence-corrected chi connectivity index (χ3v) is 2.66. The molecule has 0 atom stereocenters. The van der Waals surface area contributed by atoms with E-state index in [1.165, 1.54) is 12.8 Å². The van der Waals surface area contributed by atoms with Crippen LogP contribution in [0.25, 0.3) is 0 Å². The molecule has 0 spiro atoms. The Labute approximate surface area is 92.8 Å². The van der Waals surface area contributed by atoms with Crippen LogP contribution in [0.2, 0.25) is 0 Å². The van der Waals surface area contributed by atoms with Gasteiger partial charge in [-0.05, 0) is 46.8 Å². The smallest absolute Gasteiger partial charge is 0.141 e. The first-order valence-corrected chi connectivity index (χ1v) is 5.79. The molecule has 1 fully saturated rings. The predicted octanol–water partition coefficient (Wildman–Crippen LogP) is 3.51. The number of hydrogen-bond acceptors (Lipinski definition) is 2. The minimum atomic E-state index is 0.404. The van der Waals surface area contributed by atoms with Crippen LogP contribution in [0, 0.1) is 0 Å². The van der Waals surface area contributed by atoms with E-state index in [-0.39, 0.29) is 0 Å². The predicted molar refractivity (Wildman–Crippen MR) is 59.7 cm³/mol. The first-order chi connectivity index (χ1) is 6.66. The van der Waals surface area contributed by atoms with Gasteiger partial charge >= 0.3 is 0 Å². The molecule has 1 aromatic rings. The summed E-state index contributed by atoms with van der Waals surface area (Å²) in [7, 11) is 0. The minimum absolute atomic E-state index is 0.404. The summed E-state index contributed by atoms with van der Waals surface area (Å²) in [6.45, 7) is 4.27. The fourth-order valence-corrected chi connectivity index (χ4v) is 1.64. The summed E-state index contributed by atoms with van der Waals surface area (Å²) in [6.07, 6.45) is 2.82. The van der Waals surface area contributed by atoms with Gasteiger partial charge in [0.05, 0.1) is 11.8 Å². The van der Waals surface area contributed by atoms with Gasteiger partial charge in [-0.25, -0.2) is 4.98 Å². The monoisotopic (exact) mass is 255 g/mol. The maximum atomic E-state index is 5.79. The molecule has 1 heterocycles. The molecular weight excluding hydrogens is 242 g/mol. The second-order valence-electron chi connectivity index (χ2n) is 3.99. The minimum Gasteiger partial charge on any atom is -0.489 e. The molecular formula is C11H14BrNO. The van der Waals surface area contributed by atoms with E-state index >= 15 is 0 Å². The molecule has 0 aliphatic heterocycles. The number of ether oxygens (including phenoxy) is 1. The van der Waals surface area contributed by atoms with Gasteiger partial charge in [-0.2, -0.15) is 0 Å². The van der Waals surface area contributed by atoms with Crippen LogP contribution < -0.4 is 4.74 Å². The quantitative estimate of drug-likeness (QED) is 0.772. The summed E-state index contributed by atoms with van der Waals surface area (Å²) in [6, 6.07) is 3.94. The van der Waals surface area contributed by atoms with Crippen molar-refractivity contribution in [3.05, 3.63) is 22.4 Å². The maximum absolute atomic E-state index is 5.79. The van der Waals surface area contributed by atoms with E-state index in [1.807, 2.05) is 12.1 Å². The van der Waals surface area contributed by atoms with Crippen molar-refractivity contribution in [2.45, 2.75) is 38.7 Å². The van der Waals surface area contributed by atoms with Crippen LogP contribution in [0.5, 0.6) is 5.75 Å². The summed E-state index contributed by atoms with van der Waals surface area (Å²) in [5, 5.41) is 0. The molecule has 1 aliphatic carbocycles. The average Bonchev–Trinajstić information content (AvgIpc) is 2.91. The molecule has 2 nitrogen and oxygen atoms in total. The zero-order valence-electron chi connectivity index (χ0n) is 8.46. The molecule has 76 valence electrons. The largest absolute Gasteiger partial charge is 0.489 e. The summed E-state index contributed by atoms with van der Waals surface area (Å²) in [5.74, 6) is 1.35. The Kier molecular flexibility index (Phi) is 2.77. The number of hydrogen-bond donors (Lipinski definition) is 0. The van der Waals surface area contributed by atoms with Gasteiger partial charge in [0.25, 0.3) is 0 Å². The molecule has 0 saturated heterocycles. The molecule has 14 heavy (non-hydrogen) atoms. The lowest BCUT2D eigenvalue weighted by molar-refractivity contribution is 0.297. The standard InChI is InChI=1S/C11H14BrNO/c1-7(2)11-9(14-8-3-4-8)5-6-10(12)13-11/h5-8H,3-4H2,1-2H3. The molecule has 1 saturated carbocycles. The zero-order valence-corrected chi connectivity index (χ0v) is 10.0. The third-order valence-electron chi connectivity index (χ3n) is 2.22. The van der Waals surface area contributed by atoms with Gasteiger partial charge in [0.15, 0.2) is 0 Å². The van der Waals surface area contributed by atoms with E-state index in [9.17, 15) is 0 Å². The maximum Gasteiger partial charge on any atom is 0.141 e. The molecule has 1 aromatic heterocycles. The van der Waals surface area contributed by atoms with Gasteiger partial charge in [-0.1, -0.05) is 13.8 Å². The number of aromatic nitrogens is 1. The van der Waals surface area contributed by atoms with E-state index in [0.29, 0.717) is 12.0 Å². The Morgan fingerprint density at radius 3 is 2.71 bits per heavy atom. The van der Waals surface area contributed by atoms with Crippen molar-refractivity contribution < 1.29 is 4.74 Å². The lowest BCUT2D eigenvalue weighted by Gasteiger charge is -2.12. The molecule has 0 amide bonds. The van der Waals surface area contributed by atoms with E-state index in [2.05, 4.69) is 34.8 Å². The van der Waals surface area contributed by atoms with Crippen LogP contribution in [0.3, 0.4) is 0 Å². The Hall–Kier alpha value is -0.570. The fourth-order valence-electron chi connectivity index (χ4n) is 1.32. The molecule has 0 unspecified atom stereocenters. The van der Waals surface area contributed by atoms with Crippen molar-refractivity contribution >= 4 is 15.9 Å². The summed E-state index contributed by atoms with van der Waals surface area (Å²) in [4.78, 5) is 4.45. The Morgan fingerprint density at radius 1 is 1.43 bits per heavy atom. The highest BCUT2D eigenvalue weighted by Crippen LogP contribution is 2.32. The molecule has 0 radical (unpaired) electrons. The number of rotatable bonds is 3. The van der Waals surface area contributed by atoms with Crippen LogP contribution >= 0.6 is 15.9 Å². The summed E-state index contributed by atoms with van der Waals surface area (Å²) >= 11 is 3.38. The topological polar surface area (TPSA) is 22.1 Å². The van der Waals surface area contributed by atoms with Crippen molar-refractivity contribution in [2.75, 3.05) is 0 Å². The van der Waals surface area contributed by atoms with E-state index in [1.54, 1.807) is 0 Å². The number of halogens is 1. The molecule has 0 N–H and O–H groups in total. The van der Waals surface area contributed by atoms with Gasteiger partial charge in [-0.15, -0.1) is 0 Å². The highest BCUT2D eigenvalue weighted by atomic mass is 79.9. The number of nitrogens with zero attached hydrogens (tertiary/aromatic N) is 1. The number of pyridine rings is 1. The van der Waals surface area contributed by atoms with Gasteiger partial charge in [0.2, 0.25) is 0 Å². The van der Waals surface area contributed by atoms with Gasteiger partial charge < -0.3 is 4.74 Å². The first kappa shape index (κ1) is 9.97. The van der Waals surface area contributed by atoms with E-state index in [4.69, 9.17) is 4.74 Å². The van der Waals surface area contributed by atoms with Gasteiger partial charge in [-0.3, -0.25) is 0 Å². The van der Waals surface area contributed by atoms with Crippen molar-refractivity contribution in [1.82, 2.24) is 4.98 Å². The highest BCUT2D eigenvalue weighted by molar-refractivity contribution is 9.10. The molecule has 3 heteroatoms. The molecule has 2 rings (SSSR count). The van der Waals surface area contributed by atoms with E-state index < -0.39 is 0 Å². The normalized spacial score (nSPS) is 16.0. The third kappa shape index (κ3) is 2.27. The first-order valence-electron chi connectivity index (χ1n) is 5.00.